The first-order valence-electron chi connectivity index (χ1n) is 48.6. The second kappa shape index (κ2) is 77.0. The number of hydrogen-bond acceptors (Lipinski definition) is 24. The molecule has 0 bridgehead atoms. The Kier molecular flexibility index (Phi) is 79.3. The average molecular weight is 1930 g/mol. The highest BCUT2D eigenvalue weighted by atomic mass is 32.2. The molecule has 0 saturated carbocycles. The summed E-state index contributed by atoms with van der Waals surface area (Å²) in [6.07, 6.45) is 44.4. The molecule has 0 fully saturated rings. The van der Waals surface area contributed by atoms with E-state index in [1.807, 2.05) is 0 Å². The Labute approximate surface area is 761 Å². The predicted octanol–water partition coefficient (Wildman–Crippen LogP) is 21.0. The summed E-state index contributed by atoms with van der Waals surface area (Å²) in [5.74, 6) is 0.0888. The predicted molar refractivity (Wildman–Crippen MR) is 515 cm³/mol. The molecule has 0 radical (unpaired) electrons. The van der Waals surface area contributed by atoms with Gasteiger partial charge in [0.15, 0.2) is 78.7 Å². The third kappa shape index (κ3) is 64.3. The lowest BCUT2D eigenvalue weighted by Gasteiger charge is -2.23. The summed E-state index contributed by atoms with van der Waals surface area (Å²) < 4.78 is 220. The van der Waals surface area contributed by atoms with Crippen molar-refractivity contribution < 1.29 is 105 Å². The molecule has 24 nitrogen and oxygen atoms in total. The average Bonchev–Trinajstić information content (AvgIpc) is 0.837. The van der Waals surface area contributed by atoms with Gasteiger partial charge in [-0.3, -0.25) is 19.2 Å². The van der Waals surface area contributed by atoms with E-state index >= 15 is 0 Å². The molecule has 744 valence electrons. The molecule has 0 N–H and O–H groups in total. The molecule has 8 unspecified atom stereocenters. The van der Waals surface area contributed by atoms with Gasteiger partial charge in [0.25, 0.3) is 0 Å². The number of sulfone groups is 8. The van der Waals surface area contributed by atoms with Crippen molar-refractivity contribution in [3.63, 3.8) is 0 Å². The van der Waals surface area contributed by atoms with Crippen molar-refractivity contribution in [2.45, 2.75) is 485 Å². The number of ether oxygens (including phenoxy) is 4. The highest BCUT2D eigenvalue weighted by Crippen LogP contribution is 2.31. The summed E-state index contributed by atoms with van der Waals surface area (Å²) in [6.45, 7) is 21.8. The number of carbonyl (C=O) groups excluding carboxylic acids is 4. The molecule has 0 aliphatic heterocycles. The molecule has 0 aliphatic carbocycles. The van der Waals surface area contributed by atoms with Crippen LogP contribution < -0.4 is 0 Å². The molecule has 124 heavy (non-hydrogen) atoms. The zero-order valence-electron chi connectivity index (χ0n) is 80.9. The van der Waals surface area contributed by atoms with Crippen molar-refractivity contribution in [3.8, 4) is 0 Å². The van der Waals surface area contributed by atoms with Gasteiger partial charge in [0, 0.05) is 71.7 Å². The Bertz CT molecular complexity index is 3620. The molecule has 0 aromatic rings. The fourth-order valence-corrected chi connectivity index (χ4v) is 27.9. The fourth-order valence-electron chi connectivity index (χ4n) is 15.7. The molecule has 0 aromatic carbocycles. The summed E-state index contributed by atoms with van der Waals surface area (Å²) in [6, 6.07) is 0. The van der Waals surface area contributed by atoms with Gasteiger partial charge in [-0.1, -0.05) is 295 Å². The molecule has 0 aliphatic rings. The first kappa shape index (κ1) is 128. The van der Waals surface area contributed by atoms with Crippen molar-refractivity contribution in [2.24, 2.45) is 0 Å². The van der Waals surface area contributed by atoms with Crippen molar-refractivity contribution >= 4 is 103 Å². The minimum atomic E-state index is -3.29. The number of esters is 4. The van der Waals surface area contributed by atoms with Gasteiger partial charge in [0.05, 0.1) is 70.4 Å². The maximum absolute atomic E-state index is 12.7. The van der Waals surface area contributed by atoms with E-state index in [2.05, 4.69) is 46.6 Å². The van der Waals surface area contributed by atoms with Crippen LogP contribution in [0.5, 0.6) is 0 Å². The van der Waals surface area contributed by atoms with Crippen molar-refractivity contribution in [2.75, 3.05) is 74.5 Å². The molecule has 0 saturated heterocycles. The second-order valence-electron chi connectivity index (χ2n) is 33.8. The highest BCUT2D eigenvalue weighted by molar-refractivity contribution is 7.94. The summed E-state index contributed by atoms with van der Waals surface area (Å²) in [7, 11) is -20.0. The minimum Gasteiger partial charge on any atom is -0.469 e. The van der Waals surface area contributed by atoms with Gasteiger partial charge in [0.2, 0.25) is 0 Å². The zero-order valence-corrected chi connectivity index (χ0v) is 87.5. The Balaban J connectivity index is -0.000000774. The molecule has 32 heteroatoms. The number of rotatable bonds is 80. The third-order valence-electron chi connectivity index (χ3n) is 24.5. The summed E-state index contributed by atoms with van der Waals surface area (Å²) in [5.41, 5.74) is 0. The van der Waals surface area contributed by atoms with Crippen molar-refractivity contribution in [1.29, 1.82) is 0 Å². The molecule has 0 amide bonds. The van der Waals surface area contributed by atoms with Gasteiger partial charge in [-0.2, -0.15) is 0 Å². The third-order valence-corrected chi connectivity index (χ3v) is 42.8. The molecule has 0 aromatic heterocycles. The minimum absolute atomic E-state index is 0.0555. The Morgan fingerprint density at radius 3 is 0.476 bits per heavy atom. The van der Waals surface area contributed by atoms with Crippen LogP contribution in [0.1, 0.15) is 443 Å². The SMILES string of the molecule is CCCCCC(CCC(CCCCCCCCC(=O)OC)S(=O)(=O)CC)S(=O)(=O)CC.CCCCCC(CCCC(CCCCCCCC(=O)OC)S(=O)(=O)CC)S(=O)(=O)CC.CCCCCCC(CC(CCCCCCCCC(=O)OC)S(=O)(=O)CC)S(=O)(=O)CC.CCCCCCC(CCC(CCCCCCCC(=O)OC)S(=O)(=O)CC)S(=O)(=O)CC. The van der Waals surface area contributed by atoms with Crippen LogP contribution >= 0.6 is 0 Å². The van der Waals surface area contributed by atoms with Crippen molar-refractivity contribution in [3.05, 3.63) is 0 Å². The Morgan fingerprint density at radius 2 is 0.298 bits per heavy atom. The monoisotopic (exact) mass is 1930 g/mol. The van der Waals surface area contributed by atoms with Gasteiger partial charge in [0.1, 0.15) is 0 Å². The normalized spacial score (nSPS) is 14.3. The van der Waals surface area contributed by atoms with Crippen LogP contribution in [0.15, 0.2) is 0 Å². The number of carbonyl (C=O) groups is 4. The van der Waals surface area contributed by atoms with E-state index in [-0.39, 0.29) is 86.8 Å². The molecule has 0 heterocycles. The smallest absolute Gasteiger partial charge is 0.305 e. The van der Waals surface area contributed by atoms with E-state index in [1.165, 1.54) is 28.4 Å². The lowest BCUT2D eigenvalue weighted by atomic mass is 10.0. The molecule has 0 spiro atoms. The van der Waals surface area contributed by atoms with Gasteiger partial charge in [-0.15, -0.1) is 0 Å². The van der Waals surface area contributed by atoms with Crippen molar-refractivity contribution in [1.82, 2.24) is 0 Å². The largest absolute Gasteiger partial charge is 0.469 e. The van der Waals surface area contributed by atoms with E-state index in [9.17, 15) is 86.5 Å². The van der Waals surface area contributed by atoms with Crippen LogP contribution in [-0.4, -0.2) is 208 Å². The van der Waals surface area contributed by atoms with E-state index in [4.69, 9.17) is 0 Å². The van der Waals surface area contributed by atoms with Crippen LogP contribution in [-0.2, 0) is 117 Å². The second-order valence-corrected chi connectivity index (χ2v) is 54.4. The van der Waals surface area contributed by atoms with Crippen LogP contribution in [0.25, 0.3) is 0 Å². The topological polar surface area (TPSA) is 378 Å². The van der Waals surface area contributed by atoms with E-state index < -0.39 is 110 Å². The number of unbranched alkanes of at least 4 members (excludes halogenated alkanes) is 28. The summed E-state index contributed by atoms with van der Waals surface area (Å²) in [4.78, 5) is 44.4. The standard InChI is InChI=1S/4C23H46O6S2/c1-5-8-13-16-21(30(25,26)6-2)19-20-22(31(27,28)7-3)17-14-11-9-10-12-15-18-23(24)29-4;1-5-8-12-16-21(30(25,26)6-2)18-15-19-22(31(27,28)7-3)17-13-10-9-11-14-20-23(24)29-4;1-5-8-9-14-17-21(30(25,26)6-2)20-22(31(27,28)7-3)18-15-12-10-11-13-16-19-23(24)29-4;1-5-8-9-13-16-21(30(25,26)6-2)19-20-22(31(27,28)7-3)17-14-11-10-12-15-18-23(24)29-4/h4*21-22H,5-20H2,1-4H3. The van der Waals surface area contributed by atoms with Crippen LogP contribution in [0.2, 0.25) is 0 Å². The number of methoxy groups -OCH3 is 4. The first-order chi connectivity index (χ1) is 58.6. The van der Waals surface area contributed by atoms with E-state index in [0.717, 1.165) is 231 Å². The quantitative estimate of drug-likeness (QED) is 0.0310. The first-order valence-corrected chi connectivity index (χ1v) is 62.3. The van der Waals surface area contributed by atoms with E-state index in [0.29, 0.717) is 122 Å². The van der Waals surface area contributed by atoms with Crippen LogP contribution in [0.4, 0.5) is 0 Å². The van der Waals surface area contributed by atoms with Gasteiger partial charge < -0.3 is 18.9 Å². The molecular formula is C92H184O24S8. The maximum Gasteiger partial charge on any atom is 0.305 e. The Morgan fingerprint density at radius 1 is 0.169 bits per heavy atom. The summed E-state index contributed by atoms with van der Waals surface area (Å²) >= 11 is 0. The highest BCUT2D eigenvalue weighted by Gasteiger charge is 2.35. The Hall–Kier alpha value is -2.52. The van der Waals surface area contributed by atoms with Gasteiger partial charge in [-0.05, 0) is 122 Å². The van der Waals surface area contributed by atoms with Crippen LogP contribution in [0.3, 0.4) is 0 Å². The molecule has 0 rings (SSSR count). The molecular weight excluding hydrogens is 1750 g/mol. The summed E-state index contributed by atoms with van der Waals surface area (Å²) in [5, 5.41) is -3.61. The van der Waals surface area contributed by atoms with E-state index in [1.54, 1.807) is 55.4 Å². The maximum atomic E-state index is 12.7. The molecule has 8 atom stereocenters. The fraction of sp³-hybridized carbons (Fsp3) is 0.957. The van der Waals surface area contributed by atoms with Gasteiger partial charge in [-0.25, -0.2) is 67.3 Å². The lowest BCUT2D eigenvalue weighted by Crippen LogP contribution is -2.33. The lowest BCUT2D eigenvalue weighted by molar-refractivity contribution is -0.141. The zero-order chi connectivity index (χ0) is 95.0. The van der Waals surface area contributed by atoms with Gasteiger partial charge >= 0.3 is 23.9 Å². The van der Waals surface area contributed by atoms with Crippen LogP contribution in [0, 0.1) is 0 Å². The number of hydrogen-bond donors (Lipinski definition) is 0.